The Bertz CT molecular complexity index is 1920. The zero-order valence-electron chi connectivity index (χ0n) is 28.2. The van der Waals surface area contributed by atoms with Crippen LogP contribution >= 0.6 is 0 Å². The fourth-order valence-electron chi connectivity index (χ4n) is 11.5. The molecule has 7 aliphatic rings. The number of hydrogen-bond donors (Lipinski definition) is 0. The maximum Gasteiger partial charge on any atom is 0.494 e. The van der Waals surface area contributed by atoms with Gasteiger partial charge in [-0.05, 0) is 151 Å². The van der Waals surface area contributed by atoms with Crippen molar-refractivity contribution in [1.82, 2.24) is 0 Å². The summed E-state index contributed by atoms with van der Waals surface area (Å²) in [7, 11) is -0.355. The molecule has 1 saturated heterocycles. The molecule has 1 aliphatic heterocycles. The van der Waals surface area contributed by atoms with Crippen molar-refractivity contribution in [2.45, 2.75) is 95.7 Å². The average Bonchev–Trinajstić information content (AvgIpc) is 3.54. The summed E-state index contributed by atoms with van der Waals surface area (Å²) in [5.41, 5.74) is 15.0. The molecule has 4 aromatic rings. The number of benzene rings is 4. The number of hydrogen-bond acceptors (Lipinski definition) is 2. The minimum absolute atomic E-state index is 0.0896. The fraction of sp³-hybridized carbons (Fsp3) is 0.442. The van der Waals surface area contributed by atoms with Gasteiger partial charge in [-0.25, -0.2) is 0 Å². The molecule has 0 N–H and O–H groups in total. The van der Waals surface area contributed by atoms with Crippen LogP contribution in [0.5, 0.6) is 0 Å². The third kappa shape index (κ3) is 3.37. The van der Waals surface area contributed by atoms with Gasteiger partial charge in [0.05, 0.1) is 11.2 Å². The smallest absolute Gasteiger partial charge is 0.399 e. The molecule has 46 heavy (non-hydrogen) atoms. The first-order chi connectivity index (χ1) is 22.0. The van der Waals surface area contributed by atoms with Crippen LogP contribution in [0.1, 0.15) is 95.9 Å². The SMILES string of the molecule is CC1(C)c2ccc(B3OC(C)(C)C(C)(C)O3)cc2-c2ccc(-c3cccc4c3-c3ccccc3C43C4CC5CC(C4)CC3C5)cc21. The van der Waals surface area contributed by atoms with E-state index in [4.69, 9.17) is 9.31 Å². The highest BCUT2D eigenvalue weighted by molar-refractivity contribution is 6.62. The van der Waals surface area contributed by atoms with Crippen molar-refractivity contribution < 1.29 is 9.31 Å². The summed E-state index contributed by atoms with van der Waals surface area (Å²) >= 11 is 0. The molecule has 0 aromatic heterocycles. The molecule has 1 heterocycles. The highest BCUT2D eigenvalue weighted by Crippen LogP contribution is 2.70. The van der Waals surface area contributed by atoms with Gasteiger partial charge in [0.2, 0.25) is 0 Å². The van der Waals surface area contributed by atoms with E-state index in [1.165, 1.54) is 76.6 Å². The molecular weight excluding hydrogens is 559 g/mol. The lowest BCUT2D eigenvalue weighted by molar-refractivity contribution is -0.0399. The quantitative estimate of drug-likeness (QED) is 0.212. The van der Waals surface area contributed by atoms with Crippen LogP contribution in [0.2, 0.25) is 0 Å². The Hall–Kier alpha value is -3.14. The minimum atomic E-state index is -0.355. The van der Waals surface area contributed by atoms with E-state index in [0.29, 0.717) is 0 Å². The Morgan fingerprint density at radius 1 is 0.543 bits per heavy atom. The second-order valence-electron chi connectivity index (χ2n) is 17.2. The van der Waals surface area contributed by atoms with E-state index >= 15 is 0 Å². The van der Waals surface area contributed by atoms with Crippen molar-refractivity contribution in [2.24, 2.45) is 23.7 Å². The molecule has 11 rings (SSSR count). The second-order valence-corrected chi connectivity index (χ2v) is 17.2. The lowest BCUT2D eigenvalue weighted by atomic mass is 9.43. The van der Waals surface area contributed by atoms with Gasteiger partial charge in [-0.2, -0.15) is 0 Å². The number of rotatable bonds is 2. The largest absolute Gasteiger partial charge is 0.494 e. The first kappa shape index (κ1) is 27.9. The van der Waals surface area contributed by atoms with Crippen molar-refractivity contribution in [2.75, 3.05) is 0 Å². The molecule has 3 heteroatoms. The molecule has 0 amide bonds. The molecule has 0 atom stereocenters. The minimum Gasteiger partial charge on any atom is -0.399 e. The highest BCUT2D eigenvalue weighted by Gasteiger charge is 2.61. The topological polar surface area (TPSA) is 18.5 Å². The van der Waals surface area contributed by atoms with Crippen molar-refractivity contribution in [3.05, 3.63) is 101 Å². The third-order valence-corrected chi connectivity index (χ3v) is 14.1. The highest BCUT2D eigenvalue weighted by atomic mass is 16.7. The summed E-state index contributed by atoms with van der Waals surface area (Å²) in [4.78, 5) is 0. The normalized spacial score (nSPS) is 31.2. The van der Waals surface area contributed by atoms with Crippen LogP contribution in [0, 0.1) is 23.7 Å². The predicted molar refractivity (Wildman–Crippen MR) is 188 cm³/mol. The molecular formula is C43H45BO2. The van der Waals surface area contributed by atoms with E-state index < -0.39 is 0 Å². The first-order valence-corrected chi connectivity index (χ1v) is 17.9. The van der Waals surface area contributed by atoms with E-state index in [1.807, 2.05) is 0 Å². The maximum atomic E-state index is 6.46. The van der Waals surface area contributed by atoms with Crippen LogP contribution in [0.4, 0.5) is 0 Å². The summed E-state index contributed by atoms with van der Waals surface area (Å²) in [6, 6.07) is 31.0. The zero-order valence-corrected chi connectivity index (χ0v) is 28.2. The van der Waals surface area contributed by atoms with Gasteiger partial charge in [0.1, 0.15) is 0 Å². The maximum absolute atomic E-state index is 6.46. The molecule has 0 radical (unpaired) electrons. The van der Waals surface area contributed by atoms with Crippen LogP contribution in [-0.4, -0.2) is 18.3 Å². The van der Waals surface area contributed by atoms with E-state index in [-0.39, 0.29) is 29.2 Å². The van der Waals surface area contributed by atoms with E-state index in [2.05, 4.69) is 120 Å². The van der Waals surface area contributed by atoms with Gasteiger partial charge in [-0.1, -0.05) is 86.6 Å². The average molecular weight is 605 g/mol. The molecule has 4 saturated carbocycles. The Morgan fingerprint density at radius 3 is 1.91 bits per heavy atom. The molecule has 5 fully saturated rings. The van der Waals surface area contributed by atoms with Gasteiger partial charge in [0.25, 0.3) is 0 Å². The molecule has 0 unspecified atom stereocenters. The van der Waals surface area contributed by atoms with Crippen LogP contribution in [-0.2, 0) is 20.1 Å². The van der Waals surface area contributed by atoms with Crippen LogP contribution in [0.3, 0.4) is 0 Å². The molecule has 2 nitrogen and oxygen atoms in total. The van der Waals surface area contributed by atoms with Crippen molar-refractivity contribution in [3.63, 3.8) is 0 Å². The lowest BCUT2D eigenvalue weighted by Gasteiger charge is -2.61. The van der Waals surface area contributed by atoms with Gasteiger partial charge in [0, 0.05) is 10.8 Å². The van der Waals surface area contributed by atoms with Gasteiger partial charge in [-0.3, -0.25) is 0 Å². The van der Waals surface area contributed by atoms with Crippen molar-refractivity contribution >= 4 is 12.6 Å². The van der Waals surface area contributed by atoms with Gasteiger partial charge in [0.15, 0.2) is 0 Å². The Morgan fingerprint density at radius 2 is 1.20 bits per heavy atom. The molecule has 4 bridgehead atoms. The monoisotopic (exact) mass is 604 g/mol. The predicted octanol–water partition coefficient (Wildman–Crippen LogP) is 9.68. The van der Waals surface area contributed by atoms with Crippen LogP contribution in [0.15, 0.2) is 78.9 Å². The van der Waals surface area contributed by atoms with Gasteiger partial charge >= 0.3 is 7.12 Å². The fourth-order valence-corrected chi connectivity index (χ4v) is 11.5. The van der Waals surface area contributed by atoms with E-state index in [9.17, 15) is 0 Å². The van der Waals surface area contributed by atoms with Gasteiger partial charge in [-0.15, -0.1) is 0 Å². The summed E-state index contributed by atoms with van der Waals surface area (Å²) in [6.45, 7) is 13.3. The summed E-state index contributed by atoms with van der Waals surface area (Å²) < 4.78 is 12.9. The van der Waals surface area contributed by atoms with Crippen LogP contribution < -0.4 is 5.46 Å². The molecule has 4 aromatic carbocycles. The number of fused-ring (bicyclic) bond motifs is 6. The molecule has 6 aliphatic carbocycles. The zero-order chi connectivity index (χ0) is 31.4. The molecule has 1 spiro atoms. The summed E-state index contributed by atoms with van der Waals surface area (Å²) in [5.74, 6) is 3.48. The van der Waals surface area contributed by atoms with Gasteiger partial charge < -0.3 is 9.31 Å². The van der Waals surface area contributed by atoms with Crippen molar-refractivity contribution in [3.8, 4) is 33.4 Å². The first-order valence-electron chi connectivity index (χ1n) is 17.9. The summed E-state index contributed by atoms with van der Waals surface area (Å²) in [6.07, 6.45) is 7.17. The Balaban J connectivity index is 1.10. The van der Waals surface area contributed by atoms with E-state index in [1.54, 1.807) is 11.1 Å². The summed E-state index contributed by atoms with van der Waals surface area (Å²) in [5, 5.41) is 0. The lowest BCUT2D eigenvalue weighted by Crippen LogP contribution is -2.55. The van der Waals surface area contributed by atoms with Crippen molar-refractivity contribution in [1.29, 1.82) is 0 Å². The van der Waals surface area contributed by atoms with Crippen LogP contribution in [0.25, 0.3) is 33.4 Å². The van der Waals surface area contributed by atoms with E-state index in [0.717, 1.165) is 29.1 Å². The standard InChI is InChI=1S/C43H45BO2/c1-40(2)35-17-15-30(44-45-41(3,4)42(5,6)46-44)24-34(35)32-16-14-27(23-38(32)40)31-11-9-13-37-39(31)33-10-7-8-12-36(33)43(37)28-19-25-18-26(21-28)22-29(43)20-25/h7-17,23-26,28-29H,18-22H2,1-6H3. The Labute approximate surface area is 275 Å². The third-order valence-electron chi connectivity index (χ3n) is 14.1. The second kappa shape index (κ2) is 8.85. The molecule has 232 valence electrons. The Kier molecular flexibility index (Phi) is 5.38.